The van der Waals surface area contributed by atoms with Gasteiger partial charge in [0.1, 0.15) is 5.65 Å². The Kier molecular flexibility index (Phi) is 3.01. The van der Waals surface area contributed by atoms with Crippen molar-refractivity contribution in [3.63, 3.8) is 0 Å². The number of hydrogen-bond acceptors (Lipinski definition) is 2. The van der Waals surface area contributed by atoms with Crippen molar-refractivity contribution in [2.75, 3.05) is 0 Å². The van der Waals surface area contributed by atoms with E-state index in [0.29, 0.717) is 0 Å². The number of hydrogen-bond donors (Lipinski definition) is 2. The molecule has 1 unspecified atom stereocenters. The second-order valence-corrected chi connectivity index (χ2v) is 6.53. The van der Waals surface area contributed by atoms with Crippen LogP contribution in [0.1, 0.15) is 32.8 Å². The zero-order valence-corrected chi connectivity index (χ0v) is 12.4. The number of carboxylic acid groups (broad SMARTS) is 1. The second-order valence-electron chi connectivity index (χ2n) is 6.53. The molecular formula is C16H19N3O2. The molecule has 1 amide bonds. The van der Waals surface area contributed by atoms with E-state index in [2.05, 4.69) is 30.7 Å². The van der Waals surface area contributed by atoms with Gasteiger partial charge in [-0.05, 0) is 29.5 Å². The summed E-state index contributed by atoms with van der Waals surface area (Å²) in [6.45, 7) is 6.21. The Morgan fingerprint density at radius 1 is 1.48 bits per heavy atom. The molecule has 3 heterocycles. The van der Waals surface area contributed by atoms with Gasteiger partial charge in [-0.25, -0.2) is 9.78 Å². The topological polar surface area (TPSA) is 69.2 Å². The van der Waals surface area contributed by atoms with Crippen molar-refractivity contribution in [3.05, 3.63) is 36.3 Å². The molecule has 0 saturated carbocycles. The van der Waals surface area contributed by atoms with E-state index in [9.17, 15) is 9.90 Å². The molecule has 2 aromatic rings. The van der Waals surface area contributed by atoms with Gasteiger partial charge in [0.05, 0.1) is 0 Å². The van der Waals surface area contributed by atoms with Crippen molar-refractivity contribution in [2.45, 2.75) is 33.2 Å². The van der Waals surface area contributed by atoms with Gasteiger partial charge < -0.3 is 10.1 Å². The third kappa shape index (κ3) is 2.28. The lowest BCUT2D eigenvalue weighted by Crippen LogP contribution is -2.40. The Labute approximate surface area is 123 Å². The van der Waals surface area contributed by atoms with Crippen molar-refractivity contribution in [2.24, 2.45) is 5.41 Å². The summed E-state index contributed by atoms with van der Waals surface area (Å²) in [5.74, 6) is 0. The summed E-state index contributed by atoms with van der Waals surface area (Å²) in [6, 6.07) is 3.85. The van der Waals surface area contributed by atoms with Crippen LogP contribution in [-0.2, 0) is 0 Å². The molecule has 5 nitrogen and oxygen atoms in total. The Bertz CT molecular complexity index is 724. The van der Waals surface area contributed by atoms with Crippen molar-refractivity contribution in [1.29, 1.82) is 0 Å². The maximum atomic E-state index is 11.5. The lowest BCUT2D eigenvalue weighted by Gasteiger charge is -2.32. The molecule has 0 saturated heterocycles. The lowest BCUT2D eigenvalue weighted by molar-refractivity contribution is 0.120. The highest BCUT2D eigenvalue weighted by Gasteiger charge is 2.38. The van der Waals surface area contributed by atoms with E-state index in [1.165, 1.54) is 4.90 Å². The fourth-order valence-electron chi connectivity index (χ4n) is 2.93. The number of nitrogens with one attached hydrogen (secondary N) is 1. The highest BCUT2D eigenvalue weighted by molar-refractivity contribution is 5.92. The predicted octanol–water partition coefficient (Wildman–Crippen LogP) is 3.70. The zero-order valence-electron chi connectivity index (χ0n) is 12.4. The molecule has 1 aliphatic rings. The van der Waals surface area contributed by atoms with Crippen LogP contribution in [0.4, 0.5) is 4.79 Å². The Balaban J connectivity index is 2.04. The molecule has 1 aliphatic heterocycles. The molecular weight excluding hydrogens is 266 g/mol. The van der Waals surface area contributed by atoms with E-state index in [1.54, 1.807) is 12.4 Å². The van der Waals surface area contributed by atoms with E-state index >= 15 is 0 Å². The standard InChI is InChI=1S/C16H19N3O2/c1-16(2,3)13-7-10(9-19(13)15(20)21)12-8-18-14-11(12)5-4-6-17-14/h4-6,8-9,13H,7H2,1-3H3,(H,17,18)(H,20,21). The number of pyridine rings is 1. The average Bonchev–Trinajstić information content (AvgIpc) is 3.01. The maximum absolute atomic E-state index is 11.5. The first kappa shape index (κ1) is 13.7. The molecule has 3 rings (SSSR count). The van der Waals surface area contributed by atoms with Gasteiger partial charge in [-0.15, -0.1) is 0 Å². The summed E-state index contributed by atoms with van der Waals surface area (Å²) in [7, 11) is 0. The Hall–Kier alpha value is -2.30. The van der Waals surface area contributed by atoms with Crippen LogP contribution in [0.2, 0.25) is 0 Å². The van der Waals surface area contributed by atoms with Crippen LogP contribution >= 0.6 is 0 Å². The first-order chi connectivity index (χ1) is 9.88. The number of aromatic nitrogens is 2. The lowest BCUT2D eigenvalue weighted by atomic mass is 9.83. The molecule has 0 aromatic carbocycles. The van der Waals surface area contributed by atoms with E-state index in [0.717, 1.165) is 28.6 Å². The van der Waals surface area contributed by atoms with Crippen LogP contribution in [-0.4, -0.2) is 32.1 Å². The van der Waals surface area contributed by atoms with Crippen molar-refractivity contribution < 1.29 is 9.90 Å². The second kappa shape index (κ2) is 4.62. The van der Waals surface area contributed by atoms with Gasteiger partial charge in [0.15, 0.2) is 0 Å². The van der Waals surface area contributed by atoms with Crippen LogP contribution in [0.3, 0.4) is 0 Å². The van der Waals surface area contributed by atoms with Gasteiger partial charge in [-0.1, -0.05) is 20.8 Å². The SMILES string of the molecule is CC(C)(C)C1CC(c2c[nH]c3ncccc23)=CN1C(=O)O. The molecule has 21 heavy (non-hydrogen) atoms. The summed E-state index contributed by atoms with van der Waals surface area (Å²) in [6.07, 6.45) is 5.23. The number of aromatic amines is 1. The summed E-state index contributed by atoms with van der Waals surface area (Å²) in [5.41, 5.74) is 2.79. The Morgan fingerprint density at radius 3 is 2.86 bits per heavy atom. The Morgan fingerprint density at radius 2 is 2.24 bits per heavy atom. The van der Waals surface area contributed by atoms with E-state index in [-0.39, 0.29) is 11.5 Å². The minimum atomic E-state index is -0.900. The predicted molar refractivity (Wildman–Crippen MR) is 81.8 cm³/mol. The molecule has 0 spiro atoms. The van der Waals surface area contributed by atoms with Gasteiger partial charge in [0.2, 0.25) is 0 Å². The molecule has 0 radical (unpaired) electrons. The van der Waals surface area contributed by atoms with Gasteiger partial charge in [-0.2, -0.15) is 0 Å². The minimum absolute atomic E-state index is 0.0494. The average molecular weight is 285 g/mol. The number of fused-ring (bicyclic) bond motifs is 1. The molecule has 5 heteroatoms. The fraction of sp³-hybridized carbons (Fsp3) is 0.375. The maximum Gasteiger partial charge on any atom is 0.411 e. The van der Waals surface area contributed by atoms with Gasteiger partial charge in [0, 0.05) is 35.6 Å². The molecule has 2 N–H and O–H groups in total. The van der Waals surface area contributed by atoms with Crippen LogP contribution in [0.5, 0.6) is 0 Å². The zero-order chi connectivity index (χ0) is 15.2. The van der Waals surface area contributed by atoms with Gasteiger partial charge >= 0.3 is 6.09 Å². The summed E-state index contributed by atoms with van der Waals surface area (Å²) in [4.78, 5) is 20.4. The fourth-order valence-corrected chi connectivity index (χ4v) is 2.93. The molecule has 2 aromatic heterocycles. The quantitative estimate of drug-likeness (QED) is 0.839. The van der Waals surface area contributed by atoms with E-state index in [1.807, 2.05) is 18.3 Å². The number of H-pyrrole nitrogens is 1. The van der Waals surface area contributed by atoms with Crippen LogP contribution in [0.25, 0.3) is 16.6 Å². The van der Waals surface area contributed by atoms with Crippen molar-refractivity contribution >= 4 is 22.7 Å². The van der Waals surface area contributed by atoms with E-state index in [4.69, 9.17) is 0 Å². The highest BCUT2D eigenvalue weighted by atomic mass is 16.4. The summed E-state index contributed by atoms with van der Waals surface area (Å²) in [5, 5.41) is 10.5. The molecule has 110 valence electrons. The summed E-state index contributed by atoms with van der Waals surface area (Å²) >= 11 is 0. The van der Waals surface area contributed by atoms with E-state index < -0.39 is 6.09 Å². The highest BCUT2D eigenvalue weighted by Crippen LogP contribution is 2.40. The van der Waals surface area contributed by atoms with Gasteiger partial charge in [-0.3, -0.25) is 4.90 Å². The number of amides is 1. The monoisotopic (exact) mass is 285 g/mol. The molecule has 0 bridgehead atoms. The van der Waals surface area contributed by atoms with Crippen molar-refractivity contribution in [1.82, 2.24) is 14.9 Å². The molecule has 0 aliphatic carbocycles. The van der Waals surface area contributed by atoms with Crippen LogP contribution in [0, 0.1) is 5.41 Å². The minimum Gasteiger partial charge on any atom is -0.465 e. The van der Waals surface area contributed by atoms with Crippen molar-refractivity contribution in [3.8, 4) is 0 Å². The third-order valence-electron chi connectivity index (χ3n) is 4.06. The van der Waals surface area contributed by atoms with Crippen LogP contribution in [0.15, 0.2) is 30.7 Å². The molecule has 1 atom stereocenters. The number of rotatable bonds is 1. The first-order valence-electron chi connectivity index (χ1n) is 7.02. The number of nitrogens with zero attached hydrogens (tertiary/aromatic N) is 2. The normalized spacial score (nSPS) is 19.1. The molecule has 0 fully saturated rings. The smallest absolute Gasteiger partial charge is 0.411 e. The number of carbonyl (C=O) groups is 1. The van der Waals surface area contributed by atoms with Crippen LogP contribution < -0.4 is 0 Å². The third-order valence-corrected chi connectivity index (χ3v) is 4.06. The first-order valence-corrected chi connectivity index (χ1v) is 7.02. The largest absolute Gasteiger partial charge is 0.465 e. The summed E-state index contributed by atoms with van der Waals surface area (Å²) < 4.78 is 0. The van der Waals surface area contributed by atoms with Gasteiger partial charge in [0.25, 0.3) is 0 Å².